The van der Waals surface area contributed by atoms with E-state index in [0.717, 1.165) is 29.5 Å². The summed E-state index contributed by atoms with van der Waals surface area (Å²) in [4.78, 5) is 12.4. The number of halogens is 1. The molecule has 1 aliphatic rings. The van der Waals surface area contributed by atoms with Crippen molar-refractivity contribution in [2.24, 2.45) is 0 Å². The van der Waals surface area contributed by atoms with E-state index in [1.165, 1.54) is 12.1 Å². The van der Waals surface area contributed by atoms with Gasteiger partial charge in [0, 0.05) is 5.92 Å². The molecule has 3 aromatic rings. The van der Waals surface area contributed by atoms with Gasteiger partial charge in [-0.1, -0.05) is 60.7 Å². The second kappa shape index (κ2) is 7.75. The molecule has 2 nitrogen and oxygen atoms in total. The van der Waals surface area contributed by atoms with Gasteiger partial charge in [-0.25, -0.2) is 4.39 Å². The Balaban J connectivity index is 1.69. The third-order valence-corrected chi connectivity index (χ3v) is 5.30. The molecule has 0 radical (unpaired) electrons. The first-order valence-electron chi connectivity index (χ1n) is 9.30. The van der Waals surface area contributed by atoms with Crippen molar-refractivity contribution in [3.63, 3.8) is 0 Å². The predicted molar refractivity (Wildman–Crippen MR) is 103 cm³/mol. The minimum Gasteiger partial charge on any atom is -0.426 e. The van der Waals surface area contributed by atoms with Crippen LogP contribution in [0, 0.1) is 5.82 Å². The van der Waals surface area contributed by atoms with Crippen molar-refractivity contribution in [2.75, 3.05) is 0 Å². The van der Waals surface area contributed by atoms with Crippen molar-refractivity contribution in [2.45, 2.75) is 31.1 Å². The molecule has 27 heavy (non-hydrogen) atoms. The number of esters is 1. The molecule has 0 saturated heterocycles. The van der Waals surface area contributed by atoms with Crippen LogP contribution in [0.5, 0.6) is 5.75 Å². The Labute approximate surface area is 158 Å². The van der Waals surface area contributed by atoms with Gasteiger partial charge in [0.1, 0.15) is 11.6 Å². The van der Waals surface area contributed by atoms with Crippen molar-refractivity contribution < 1.29 is 13.9 Å². The number of fused-ring (bicyclic) bond motifs is 1. The highest BCUT2D eigenvalue weighted by Gasteiger charge is 2.33. The van der Waals surface area contributed by atoms with Gasteiger partial charge in [0.05, 0.1) is 6.42 Å². The van der Waals surface area contributed by atoms with Gasteiger partial charge < -0.3 is 4.74 Å². The SMILES string of the molecule is O=C1C[C@H](c2ccccc2)[C@@H](CCc2ccc(F)cc2)c2ccccc2O1. The summed E-state index contributed by atoms with van der Waals surface area (Å²) in [6, 6.07) is 24.6. The summed E-state index contributed by atoms with van der Waals surface area (Å²) in [6.45, 7) is 0. The van der Waals surface area contributed by atoms with Gasteiger partial charge in [-0.2, -0.15) is 0 Å². The highest BCUT2D eigenvalue weighted by atomic mass is 19.1. The van der Waals surface area contributed by atoms with E-state index in [2.05, 4.69) is 18.2 Å². The predicted octanol–water partition coefficient (Wildman–Crippen LogP) is 5.64. The zero-order valence-electron chi connectivity index (χ0n) is 15.0. The van der Waals surface area contributed by atoms with Crippen LogP contribution in [-0.4, -0.2) is 5.97 Å². The summed E-state index contributed by atoms with van der Waals surface area (Å²) in [5.74, 6) is 0.452. The van der Waals surface area contributed by atoms with Crippen LogP contribution in [0.3, 0.4) is 0 Å². The smallest absolute Gasteiger partial charge is 0.311 e. The number of hydrogen-bond donors (Lipinski definition) is 0. The van der Waals surface area contributed by atoms with Gasteiger partial charge >= 0.3 is 5.97 Å². The van der Waals surface area contributed by atoms with E-state index in [1.807, 2.05) is 48.5 Å². The van der Waals surface area contributed by atoms with Crippen LogP contribution in [-0.2, 0) is 11.2 Å². The highest BCUT2D eigenvalue weighted by molar-refractivity contribution is 5.75. The summed E-state index contributed by atoms with van der Waals surface area (Å²) < 4.78 is 18.8. The van der Waals surface area contributed by atoms with Crippen molar-refractivity contribution in [3.8, 4) is 5.75 Å². The first kappa shape index (κ1) is 17.5. The maximum Gasteiger partial charge on any atom is 0.311 e. The lowest BCUT2D eigenvalue weighted by molar-refractivity contribution is -0.134. The number of para-hydroxylation sites is 1. The molecule has 0 unspecified atom stereocenters. The molecule has 2 atom stereocenters. The normalized spacial score (nSPS) is 19.1. The molecule has 1 aliphatic heterocycles. The van der Waals surface area contributed by atoms with E-state index < -0.39 is 0 Å². The molecule has 0 bridgehead atoms. The lowest BCUT2D eigenvalue weighted by Crippen LogP contribution is -2.15. The molecule has 1 heterocycles. The number of rotatable bonds is 4. The second-order valence-corrected chi connectivity index (χ2v) is 7.00. The van der Waals surface area contributed by atoms with Crippen LogP contribution in [0.15, 0.2) is 78.9 Å². The Morgan fingerprint density at radius 3 is 2.37 bits per heavy atom. The van der Waals surface area contributed by atoms with E-state index in [-0.39, 0.29) is 23.6 Å². The standard InChI is InChI=1S/C24H21FO2/c25-19-13-10-17(11-14-19)12-15-20-21-8-4-5-9-23(21)27-24(26)16-22(20)18-6-2-1-3-7-18/h1-11,13-14,20,22H,12,15-16H2/t20-,22+/m0/s1. The topological polar surface area (TPSA) is 26.3 Å². The quantitative estimate of drug-likeness (QED) is 0.445. The average Bonchev–Trinajstić information content (AvgIpc) is 2.84. The number of carbonyl (C=O) groups excluding carboxylic acids is 1. The Bertz CT molecular complexity index is 919. The Hall–Kier alpha value is -2.94. The largest absolute Gasteiger partial charge is 0.426 e. The van der Waals surface area contributed by atoms with Crippen molar-refractivity contribution in [3.05, 3.63) is 101 Å². The maximum atomic E-state index is 13.2. The molecule has 3 aromatic carbocycles. The second-order valence-electron chi connectivity index (χ2n) is 7.00. The molecule has 0 fully saturated rings. The van der Waals surface area contributed by atoms with Gasteiger partial charge in [0.2, 0.25) is 0 Å². The Morgan fingerprint density at radius 1 is 0.889 bits per heavy atom. The fourth-order valence-corrected chi connectivity index (χ4v) is 3.96. The van der Waals surface area contributed by atoms with Gasteiger partial charge in [-0.15, -0.1) is 0 Å². The monoisotopic (exact) mass is 360 g/mol. The van der Waals surface area contributed by atoms with Crippen LogP contribution in [0.4, 0.5) is 4.39 Å². The molecular formula is C24H21FO2. The number of hydrogen-bond acceptors (Lipinski definition) is 2. The first-order chi connectivity index (χ1) is 13.2. The van der Waals surface area contributed by atoms with E-state index in [0.29, 0.717) is 12.2 Å². The average molecular weight is 360 g/mol. The molecule has 0 amide bonds. The van der Waals surface area contributed by atoms with E-state index in [1.54, 1.807) is 0 Å². The van der Waals surface area contributed by atoms with E-state index >= 15 is 0 Å². The Morgan fingerprint density at radius 2 is 1.59 bits per heavy atom. The molecule has 0 aliphatic carbocycles. The van der Waals surface area contributed by atoms with E-state index in [4.69, 9.17) is 4.74 Å². The molecule has 0 saturated carbocycles. The summed E-state index contributed by atoms with van der Waals surface area (Å²) in [5, 5.41) is 0. The third kappa shape index (κ3) is 3.92. The number of carbonyl (C=O) groups is 1. The first-order valence-corrected chi connectivity index (χ1v) is 9.30. The van der Waals surface area contributed by atoms with Crippen LogP contribution >= 0.6 is 0 Å². The minimum atomic E-state index is -0.222. The number of ether oxygens (including phenoxy) is 1. The number of aryl methyl sites for hydroxylation is 1. The van der Waals surface area contributed by atoms with Crippen LogP contribution in [0.25, 0.3) is 0 Å². The van der Waals surface area contributed by atoms with Crippen molar-refractivity contribution >= 4 is 5.97 Å². The number of benzene rings is 3. The third-order valence-electron chi connectivity index (χ3n) is 5.30. The molecule has 4 rings (SSSR count). The summed E-state index contributed by atoms with van der Waals surface area (Å²) >= 11 is 0. The van der Waals surface area contributed by atoms with Crippen LogP contribution in [0.2, 0.25) is 0 Å². The minimum absolute atomic E-state index is 0.0581. The van der Waals surface area contributed by atoms with Crippen molar-refractivity contribution in [1.29, 1.82) is 0 Å². The lowest BCUT2D eigenvalue weighted by atomic mass is 9.77. The maximum absolute atomic E-state index is 13.2. The van der Waals surface area contributed by atoms with Crippen molar-refractivity contribution in [1.82, 2.24) is 0 Å². The molecule has 0 spiro atoms. The van der Waals surface area contributed by atoms with Gasteiger partial charge in [0.25, 0.3) is 0 Å². The van der Waals surface area contributed by atoms with Crippen LogP contribution in [0.1, 0.15) is 41.4 Å². The summed E-state index contributed by atoms with van der Waals surface area (Å²) in [7, 11) is 0. The molecule has 3 heteroatoms. The Kier molecular flexibility index (Phi) is 5.01. The van der Waals surface area contributed by atoms with Gasteiger partial charge in [0.15, 0.2) is 0 Å². The molecule has 0 N–H and O–H groups in total. The summed E-state index contributed by atoms with van der Waals surface area (Å²) in [5.41, 5.74) is 3.31. The lowest BCUT2D eigenvalue weighted by Gasteiger charge is -2.25. The molecule has 136 valence electrons. The van der Waals surface area contributed by atoms with Gasteiger partial charge in [-0.3, -0.25) is 4.79 Å². The van der Waals surface area contributed by atoms with Crippen LogP contribution < -0.4 is 4.74 Å². The van der Waals surface area contributed by atoms with E-state index in [9.17, 15) is 9.18 Å². The molecular weight excluding hydrogens is 339 g/mol. The zero-order valence-corrected chi connectivity index (χ0v) is 15.0. The fourth-order valence-electron chi connectivity index (χ4n) is 3.96. The molecule has 0 aromatic heterocycles. The van der Waals surface area contributed by atoms with Gasteiger partial charge in [-0.05, 0) is 53.6 Å². The summed E-state index contributed by atoms with van der Waals surface area (Å²) in [6.07, 6.45) is 2.03. The highest BCUT2D eigenvalue weighted by Crippen LogP contribution is 2.44. The fraction of sp³-hybridized carbons (Fsp3) is 0.208. The zero-order chi connectivity index (χ0) is 18.6.